The van der Waals surface area contributed by atoms with E-state index in [1.165, 1.54) is 4.31 Å². The lowest BCUT2D eigenvalue weighted by atomic mass is 9.96. The molecule has 22 heavy (non-hydrogen) atoms. The second-order valence-corrected chi connectivity index (χ2v) is 7.54. The van der Waals surface area contributed by atoms with Gasteiger partial charge in [0.25, 0.3) is 0 Å². The van der Waals surface area contributed by atoms with Crippen LogP contribution in [0.5, 0.6) is 0 Å². The second-order valence-electron chi connectivity index (χ2n) is 5.28. The Morgan fingerprint density at radius 1 is 1.36 bits per heavy atom. The molecule has 0 radical (unpaired) electrons. The maximum Gasteiger partial charge on any atom is 0.326 e. The van der Waals surface area contributed by atoms with Crippen molar-refractivity contribution in [3.8, 4) is 0 Å². The van der Waals surface area contributed by atoms with Gasteiger partial charge in [0.1, 0.15) is 6.04 Å². The number of nitrogens with zero attached hydrogens (tertiary/aromatic N) is 1. The molecule has 1 saturated heterocycles. The van der Waals surface area contributed by atoms with E-state index in [1.54, 1.807) is 26.0 Å². The molecule has 1 amide bonds. The number of rotatable bonds is 7. The highest BCUT2D eigenvalue weighted by Gasteiger charge is 2.31. The molecule has 126 valence electrons. The van der Waals surface area contributed by atoms with Crippen LogP contribution in [0, 0.1) is 5.92 Å². The number of amides is 1. The van der Waals surface area contributed by atoms with Gasteiger partial charge in [-0.1, -0.05) is 12.2 Å². The molecule has 0 spiro atoms. The number of piperidine rings is 1. The van der Waals surface area contributed by atoms with E-state index in [9.17, 15) is 18.0 Å². The third kappa shape index (κ3) is 5.10. The van der Waals surface area contributed by atoms with Gasteiger partial charge in [0.05, 0.1) is 5.75 Å². The van der Waals surface area contributed by atoms with Crippen molar-refractivity contribution < 1.29 is 23.1 Å². The predicted molar refractivity (Wildman–Crippen MR) is 82.8 cm³/mol. The fraction of sp³-hybridized carbons (Fsp3) is 0.714. The van der Waals surface area contributed by atoms with E-state index in [0.717, 1.165) is 0 Å². The number of carboxylic acid groups (broad SMARTS) is 1. The Bertz CT molecular complexity index is 521. The molecule has 1 unspecified atom stereocenters. The van der Waals surface area contributed by atoms with Crippen LogP contribution >= 0.6 is 0 Å². The molecule has 1 aliphatic rings. The van der Waals surface area contributed by atoms with E-state index in [0.29, 0.717) is 25.9 Å². The van der Waals surface area contributed by atoms with Crippen molar-refractivity contribution in [1.29, 1.82) is 0 Å². The van der Waals surface area contributed by atoms with Crippen molar-refractivity contribution in [2.75, 3.05) is 18.8 Å². The van der Waals surface area contributed by atoms with Crippen molar-refractivity contribution in [3.63, 3.8) is 0 Å². The van der Waals surface area contributed by atoms with Gasteiger partial charge in [-0.3, -0.25) is 4.79 Å². The van der Waals surface area contributed by atoms with Gasteiger partial charge in [0.15, 0.2) is 0 Å². The van der Waals surface area contributed by atoms with Crippen LogP contribution in [-0.2, 0) is 19.6 Å². The molecule has 1 fully saturated rings. The molecule has 0 bridgehead atoms. The number of hydrogen-bond donors (Lipinski definition) is 2. The van der Waals surface area contributed by atoms with E-state index in [2.05, 4.69) is 5.32 Å². The first kappa shape index (κ1) is 18.6. The summed E-state index contributed by atoms with van der Waals surface area (Å²) in [6.07, 6.45) is 4.49. The smallest absolute Gasteiger partial charge is 0.326 e. The average molecular weight is 332 g/mol. The Kier molecular flexibility index (Phi) is 7.02. The number of carbonyl (C=O) groups is 2. The van der Waals surface area contributed by atoms with Gasteiger partial charge >= 0.3 is 5.97 Å². The van der Waals surface area contributed by atoms with Crippen molar-refractivity contribution in [3.05, 3.63) is 12.2 Å². The van der Waals surface area contributed by atoms with Gasteiger partial charge in [-0.25, -0.2) is 17.5 Å². The van der Waals surface area contributed by atoms with Crippen LogP contribution in [0.2, 0.25) is 0 Å². The van der Waals surface area contributed by atoms with Crippen molar-refractivity contribution >= 4 is 21.9 Å². The minimum Gasteiger partial charge on any atom is -0.480 e. The zero-order valence-electron chi connectivity index (χ0n) is 13.0. The maximum atomic E-state index is 12.1. The highest BCUT2D eigenvalue weighted by atomic mass is 32.2. The van der Waals surface area contributed by atoms with Crippen LogP contribution in [0.25, 0.3) is 0 Å². The van der Waals surface area contributed by atoms with Gasteiger partial charge in [0, 0.05) is 19.0 Å². The van der Waals surface area contributed by atoms with Crippen LogP contribution < -0.4 is 5.32 Å². The molecule has 0 aromatic rings. The summed E-state index contributed by atoms with van der Waals surface area (Å²) in [5.74, 6) is -1.67. The number of hydrogen-bond acceptors (Lipinski definition) is 4. The summed E-state index contributed by atoms with van der Waals surface area (Å²) in [7, 11) is -3.22. The fourth-order valence-electron chi connectivity index (χ4n) is 2.36. The number of allylic oxidation sites excluding steroid dienone is 1. The first-order chi connectivity index (χ1) is 10.3. The third-order valence-electron chi connectivity index (χ3n) is 3.80. The first-order valence-corrected chi connectivity index (χ1v) is 9.04. The van der Waals surface area contributed by atoms with Crippen LogP contribution in [-0.4, -0.2) is 54.6 Å². The van der Waals surface area contributed by atoms with Crippen molar-refractivity contribution in [2.45, 2.75) is 39.2 Å². The predicted octanol–water partition coefficient (Wildman–Crippen LogP) is 0.584. The molecule has 0 aliphatic carbocycles. The summed E-state index contributed by atoms with van der Waals surface area (Å²) in [5.41, 5.74) is 0. The number of nitrogens with one attached hydrogen (secondary N) is 1. The van der Waals surface area contributed by atoms with Gasteiger partial charge in [0.2, 0.25) is 15.9 Å². The van der Waals surface area contributed by atoms with E-state index >= 15 is 0 Å². The monoisotopic (exact) mass is 332 g/mol. The lowest BCUT2D eigenvalue weighted by molar-refractivity contribution is -0.142. The van der Waals surface area contributed by atoms with Gasteiger partial charge in [-0.15, -0.1) is 0 Å². The first-order valence-electron chi connectivity index (χ1n) is 7.44. The standard InChI is InChI=1S/C14H24N2O5S/c1-3-5-6-12(14(18)19)15-13(17)11-7-9-16(10-8-11)22(20,21)4-2/h3,5,11-12H,4,6-10H2,1-2H3,(H,15,17)(H,18,19)/b5-3+. The van der Waals surface area contributed by atoms with Crippen LogP contribution in [0.4, 0.5) is 0 Å². The Hall–Kier alpha value is -1.41. The Balaban J connectivity index is 2.56. The SMILES string of the molecule is C/C=C/CC(NC(=O)C1CCN(S(=O)(=O)CC)CC1)C(=O)O. The van der Waals surface area contributed by atoms with Crippen molar-refractivity contribution in [1.82, 2.24) is 9.62 Å². The summed E-state index contributed by atoms with van der Waals surface area (Å²) in [6.45, 7) is 3.99. The number of carbonyl (C=O) groups excluding carboxylic acids is 1. The normalized spacial score (nSPS) is 19.2. The highest BCUT2D eigenvalue weighted by molar-refractivity contribution is 7.89. The van der Waals surface area contributed by atoms with E-state index in [4.69, 9.17) is 5.11 Å². The number of carboxylic acids is 1. The van der Waals surface area contributed by atoms with E-state index in [1.807, 2.05) is 0 Å². The zero-order valence-corrected chi connectivity index (χ0v) is 13.8. The Morgan fingerprint density at radius 2 is 1.95 bits per heavy atom. The summed E-state index contributed by atoms with van der Waals surface area (Å²) in [5, 5.41) is 11.6. The lowest BCUT2D eigenvalue weighted by Crippen LogP contribution is -2.47. The minimum atomic E-state index is -3.22. The minimum absolute atomic E-state index is 0.0499. The van der Waals surface area contributed by atoms with Gasteiger partial charge in [-0.05, 0) is 33.1 Å². The summed E-state index contributed by atoms with van der Waals surface area (Å²) in [6, 6.07) is -0.943. The lowest BCUT2D eigenvalue weighted by Gasteiger charge is -2.30. The fourth-order valence-corrected chi connectivity index (χ4v) is 3.49. The van der Waals surface area contributed by atoms with Crippen LogP contribution in [0.1, 0.15) is 33.1 Å². The summed E-state index contributed by atoms with van der Waals surface area (Å²) < 4.78 is 24.9. The Labute approximate surface area is 131 Å². The molecule has 1 rings (SSSR count). The zero-order chi connectivity index (χ0) is 16.8. The van der Waals surface area contributed by atoms with Gasteiger partial charge in [-0.2, -0.15) is 0 Å². The van der Waals surface area contributed by atoms with Crippen LogP contribution in [0.3, 0.4) is 0 Å². The van der Waals surface area contributed by atoms with Gasteiger partial charge < -0.3 is 10.4 Å². The topological polar surface area (TPSA) is 104 Å². The molecule has 0 saturated carbocycles. The third-order valence-corrected chi connectivity index (χ3v) is 5.69. The average Bonchev–Trinajstić information content (AvgIpc) is 2.51. The molecule has 2 N–H and O–H groups in total. The highest BCUT2D eigenvalue weighted by Crippen LogP contribution is 2.20. The van der Waals surface area contributed by atoms with E-state index in [-0.39, 0.29) is 24.0 Å². The molecule has 7 nitrogen and oxygen atoms in total. The number of aliphatic carboxylic acids is 1. The van der Waals surface area contributed by atoms with Crippen LogP contribution in [0.15, 0.2) is 12.2 Å². The second kappa shape index (κ2) is 8.28. The van der Waals surface area contributed by atoms with Crippen molar-refractivity contribution in [2.24, 2.45) is 5.92 Å². The molecule has 0 aromatic carbocycles. The summed E-state index contributed by atoms with van der Waals surface area (Å²) in [4.78, 5) is 23.2. The quantitative estimate of drug-likeness (QED) is 0.664. The maximum absolute atomic E-state index is 12.1. The summed E-state index contributed by atoms with van der Waals surface area (Å²) >= 11 is 0. The molecule has 1 heterocycles. The molecule has 1 atom stereocenters. The molecule has 1 aliphatic heterocycles. The van der Waals surface area contributed by atoms with E-state index < -0.39 is 22.0 Å². The largest absolute Gasteiger partial charge is 0.480 e. The molecular weight excluding hydrogens is 308 g/mol. The molecule has 0 aromatic heterocycles. The Morgan fingerprint density at radius 3 is 2.41 bits per heavy atom. The molecule has 8 heteroatoms. The number of sulfonamides is 1. The molecular formula is C14H24N2O5S.